The lowest BCUT2D eigenvalue weighted by molar-refractivity contribution is 0.648. The molecule has 0 aliphatic rings. The summed E-state index contributed by atoms with van der Waals surface area (Å²) in [6.07, 6.45) is 1.10. The summed E-state index contributed by atoms with van der Waals surface area (Å²) in [7, 11) is 0. The SMILES string of the molecule is CC(C)Cc1ccc2cc(-c3ccc(-c4cccc5c4oc4ccccc45)cc3)c3ccccc3c2c1. The Bertz CT molecular complexity index is 1920. The standard InChI is InChI=1S/C36H28O/c1-23(2)20-24-14-15-27-22-34(30-9-4-3-8-29(30)33(27)21-24)26-18-16-25(17-19-26)28-11-7-12-32-31-10-5-6-13-35(31)37-36(28)32/h3-19,21-23H,20H2,1-2H3. The summed E-state index contributed by atoms with van der Waals surface area (Å²) >= 11 is 0. The van der Waals surface area contributed by atoms with Gasteiger partial charge in [0, 0.05) is 16.3 Å². The van der Waals surface area contributed by atoms with Crippen LogP contribution < -0.4 is 0 Å². The molecule has 0 fully saturated rings. The molecule has 0 radical (unpaired) electrons. The summed E-state index contributed by atoms with van der Waals surface area (Å²) in [6.45, 7) is 4.56. The Kier molecular flexibility index (Phi) is 5.11. The van der Waals surface area contributed by atoms with Gasteiger partial charge in [0.15, 0.2) is 0 Å². The predicted molar refractivity (Wildman–Crippen MR) is 158 cm³/mol. The van der Waals surface area contributed by atoms with Gasteiger partial charge in [-0.3, -0.25) is 0 Å². The number of rotatable bonds is 4. The number of fused-ring (bicyclic) bond motifs is 6. The minimum atomic E-state index is 0.645. The largest absolute Gasteiger partial charge is 0.455 e. The van der Waals surface area contributed by atoms with Crippen LogP contribution in [0, 0.1) is 5.92 Å². The third kappa shape index (κ3) is 3.70. The predicted octanol–water partition coefficient (Wildman–Crippen LogP) is 10.4. The van der Waals surface area contributed by atoms with Gasteiger partial charge >= 0.3 is 0 Å². The average molecular weight is 477 g/mol. The maximum Gasteiger partial charge on any atom is 0.143 e. The van der Waals surface area contributed by atoms with Crippen molar-refractivity contribution in [3.63, 3.8) is 0 Å². The zero-order chi connectivity index (χ0) is 24.9. The monoisotopic (exact) mass is 476 g/mol. The fraction of sp³-hybridized carbons (Fsp3) is 0.111. The number of hydrogen-bond donors (Lipinski definition) is 0. The van der Waals surface area contributed by atoms with Crippen molar-refractivity contribution in [1.82, 2.24) is 0 Å². The van der Waals surface area contributed by atoms with Crippen LogP contribution in [0.15, 0.2) is 120 Å². The van der Waals surface area contributed by atoms with E-state index in [1.54, 1.807) is 0 Å². The number of hydrogen-bond acceptors (Lipinski definition) is 1. The molecule has 178 valence electrons. The maximum absolute atomic E-state index is 6.29. The Labute approximate surface area is 217 Å². The second-order valence-electron chi connectivity index (χ2n) is 10.5. The lowest BCUT2D eigenvalue weighted by atomic mass is 9.90. The average Bonchev–Trinajstić information content (AvgIpc) is 3.31. The molecule has 1 heterocycles. The minimum Gasteiger partial charge on any atom is -0.455 e. The molecule has 0 N–H and O–H groups in total. The fourth-order valence-electron chi connectivity index (χ4n) is 5.79. The van der Waals surface area contributed by atoms with Crippen LogP contribution in [-0.2, 0) is 6.42 Å². The van der Waals surface area contributed by atoms with E-state index in [0.29, 0.717) is 5.92 Å². The van der Waals surface area contributed by atoms with E-state index >= 15 is 0 Å². The van der Waals surface area contributed by atoms with Crippen molar-refractivity contribution in [3.05, 3.63) is 121 Å². The molecule has 0 amide bonds. The van der Waals surface area contributed by atoms with E-state index in [2.05, 4.69) is 117 Å². The third-order valence-electron chi connectivity index (χ3n) is 7.48. The van der Waals surface area contributed by atoms with E-state index in [4.69, 9.17) is 4.42 Å². The minimum absolute atomic E-state index is 0.645. The summed E-state index contributed by atoms with van der Waals surface area (Å²) < 4.78 is 6.29. The van der Waals surface area contributed by atoms with Gasteiger partial charge < -0.3 is 4.42 Å². The Hall–Kier alpha value is -4.36. The van der Waals surface area contributed by atoms with E-state index < -0.39 is 0 Å². The van der Waals surface area contributed by atoms with Crippen molar-refractivity contribution in [2.24, 2.45) is 5.92 Å². The first-order valence-electron chi connectivity index (χ1n) is 13.1. The molecule has 0 unspecified atom stereocenters. The van der Waals surface area contributed by atoms with E-state index in [9.17, 15) is 0 Å². The van der Waals surface area contributed by atoms with Crippen LogP contribution in [0.2, 0.25) is 0 Å². The van der Waals surface area contributed by atoms with E-state index in [1.807, 2.05) is 12.1 Å². The van der Waals surface area contributed by atoms with Crippen LogP contribution >= 0.6 is 0 Å². The molecule has 0 atom stereocenters. The Morgan fingerprint density at radius 3 is 2.00 bits per heavy atom. The van der Waals surface area contributed by atoms with Gasteiger partial charge in [-0.25, -0.2) is 0 Å². The number of para-hydroxylation sites is 2. The van der Waals surface area contributed by atoms with Crippen LogP contribution in [0.4, 0.5) is 0 Å². The van der Waals surface area contributed by atoms with Crippen molar-refractivity contribution in [2.75, 3.05) is 0 Å². The quantitative estimate of drug-likeness (QED) is 0.230. The molecular formula is C36H28O. The van der Waals surface area contributed by atoms with Gasteiger partial charge in [-0.1, -0.05) is 117 Å². The number of furan rings is 1. The van der Waals surface area contributed by atoms with Crippen molar-refractivity contribution in [2.45, 2.75) is 20.3 Å². The molecule has 0 spiro atoms. The topological polar surface area (TPSA) is 13.1 Å². The summed E-state index contributed by atoms with van der Waals surface area (Å²) in [5.41, 5.74) is 8.08. The molecule has 0 aliphatic heterocycles. The fourth-order valence-corrected chi connectivity index (χ4v) is 5.79. The molecule has 0 aliphatic carbocycles. The van der Waals surface area contributed by atoms with Crippen LogP contribution in [0.3, 0.4) is 0 Å². The van der Waals surface area contributed by atoms with Crippen LogP contribution in [-0.4, -0.2) is 0 Å². The van der Waals surface area contributed by atoms with Crippen LogP contribution in [0.5, 0.6) is 0 Å². The Morgan fingerprint density at radius 1 is 0.541 bits per heavy atom. The molecule has 7 rings (SSSR count). The van der Waals surface area contributed by atoms with Gasteiger partial charge in [0.2, 0.25) is 0 Å². The summed E-state index contributed by atoms with van der Waals surface area (Å²) in [5.74, 6) is 0.645. The molecule has 0 saturated carbocycles. The zero-order valence-corrected chi connectivity index (χ0v) is 21.2. The first-order chi connectivity index (χ1) is 18.2. The molecule has 7 aromatic rings. The van der Waals surface area contributed by atoms with Gasteiger partial charge in [0.25, 0.3) is 0 Å². The van der Waals surface area contributed by atoms with Crippen molar-refractivity contribution in [3.8, 4) is 22.3 Å². The highest BCUT2D eigenvalue weighted by molar-refractivity contribution is 6.14. The first kappa shape index (κ1) is 21.9. The summed E-state index contributed by atoms with van der Waals surface area (Å²) in [4.78, 5) is 0. The molecule has 6 aromatic carbocycles. The highest BCUT2D eigenvalue weighted by Crippen LogP contribution is 2.38. The van der Waals surface area contributed by atoms with Gasteiger partial charge in [-0.15, -0.1) is 0 Å². The van der Waals surface area contributed by atoms with Crippen LogP contribution in [0.1, 0.15) is 19.4 Å². The smallest absolute Gasteiger partial charge is 0.143 e. The van der Waals surface area contributed by atoms with Gasteiger partial charge in [-0.05, 0) is 68.3 Å². The zero-order valence-electron chi connectivity index (χ0n) is 21.2. The van der Waals surface area contributed by atoms with Gasteiger partial charge in [-0.2, -0.15) is 0 Å². The van der Waals surface area contributed by atoms with Gasteiger partial charge in [0.1, 0.15) is 11.2 Å². The van der Waals surface area contributed by atoms with E-state index in [1.165, 1.54) is 38.2 Å². The molecule has 0 bridgehead atoms. The lowest BCUT2D eigenvalue weighted by Crippen LogP contribution is -1.94. The normalized spacial score (nSPS) is 11.9. The molecular weight excluding hydrogens is 448 g/mol. The summed E-state index contributed by atoms with van der Waals surface area (Å²) in [6, 6.07) is 41.8. The second-order valence-corrected chi connectivity index (χ2v) is 10.5. The van der Waals surface area contributed by atoms with Crippen molar-refractivity contribution in [1.29, 1.82) is 0 Å². The van der Waals surface area contributed by atoms with Crippen molar-refractivity contribution < 1.29 is 4.42 Å². The molecule has 1 aromatic heterocycles. The van der Waals surface area contributed by atoms with Gasteiger partial charge in [0.05, 0.1) is 0 Å². The second kappa shape index (κ2) is 8.64. The molecule has 37 heavy (non-hydrogen) atoms. The van der Waals surface area contributed by atoms with E-state index in [-0.39, 0.29) is 0 Å². The summed E-state index contributed by atoms with van der Waals surface area (Å²) in [5, 5.41) is 7.56. The maximum atomic E-state index is 6.29. The van der Waals surface area contributed by atoms with E-state index in [0.717, 1.165) is 39.5 Å². The third-order valence-corrected chi connectivity index (χ3v) is 7.48. The molecule has 1 nitrogen and oxygen atoms in total. The van der Waals surface area contributed by atoms with Crippen LogP contribution in [0.25, 0.3) is 65.7 Å². The first-order valence-corrected chi connectivity index (χ1v) is 13.1. The Balaban J connectivity index is 1.35. The lowest BCUT2D eigenvalue weighted by Gasteiger charge is -2.13. The highest BCUT2D eigenvalue weighted by atomic mass is 16.3. The molecule has 0 saturated heterocycles. The molecule has 1 heteroatoms. The van der Waals surface area contributed by atoms with Crippen molar-refractivity contribution >= 4 is 43.5 Å². The highest BCUT2D eigenvalue weighted by Gasteiger charge is 2.13. The number of benzene rings is 6. The Morgan fingerprint density at radius 2 is 1.22 bits per heavy atom.